The van der Waals surface area contributed by atoms with Gasteiger partial charge in [0.05, 0.1) is 7.11 Å². The van der Waals surface area contributed by atoms with Crippen LogP contribution in [0, 0.1) is 20.8 Å². The van der Waals surface area contributed by atoms with Crippen molar-refractivity contribution in [3.63, 3.8) is 0 Å². The summed E-state index contributed by atoms with van der Waals surface area (Å²) in [6.45, 7) is 7.45. The lowest BCUT2D eigenvalue weighted by Crippen LogP contribution is -2.31. The molecule has 1 aromatic carbocycles. The molecule has 0 heterocycles. The van der Waals surface area contributed by atoms with Gasteiger partial charge in [-0.15, -0.1) is 0 Å². The quantitative estimate of drug-likeness (QED) is 0.827. The maximum Gasteiger partial charge on any atom is 0.124 e. The van der Waals surface area contributed by atoms with E-state index in [1.54, 1.807) is 7.11 Å². The van der Waals surface area contributed by atoms with Gasteiger partial charge in [0.1, 0.15) is 5.75 Å². The van der Waals surface area contributed by atoms with Gasteiger partial charge in [-0.3, -0.25) is 0 Å². The molecule has 1 aromatic rings. The van der Waals surface area contributed by atoms with Gasteiger partial charge >= 0.3 is 0 Å². The van der Waals surface area contributed by atoms with Gasteiger partial charge in [-0.1, -0.05) is 6.07 Å². The van der Waals surface area contributed by atoms with Crippen LogP contribution >= 0.6 is 0 Å². The van der Waals surface area contributed by atoms with Crippen LogP contribution < -0.4 is 15.4 Å². The second kappa shape index (κ2) is 5.93. The second-order valence-electron chi connectivity index (χ2n) is 5.59. The number of rotatable bonds is 6. The zero-order chi connectivity index (χ0) is 14.0. The summed E-state index contributed by atoms with van der Waals surface area (Å²) < 4.78 is 5.50. The molecule has 0 aliphatic heterocycles. The fourth-order valence-corrected chi connectivity index (χ4v) is 2.71. The topological polar surface area (TPSA) is 33.3 Å². The molecule has 1 aliphatic carbocycles. The Labute approximate surface area is 116 Å². The highest BCUT2D eigenvalue weighted by molar-refractivity contribution is 5.50. The second-order valence-corrected chi connectivity index (χ2v) is 5.59. The smallest absolute Gasteiger partial charge is 0.124 e. The molecule has 1 unspecified atom stereocenters. The first-order valence-corrected chi connectivity index (χ1v) is 7.13. The third-order valence-corrected chi connectivity index (χ3v) is 4.18. The number of benzene rings is 1. The van der Waals surface area contributed by atoms with E-state index in [0.717, 1.165) is 18.3 Å². The third kappa shape index (κ3) is 3.10. The average Bonchev–Trinajstić information content (AvgIpc) is 3.20. The Morgan fingerprint density at radius 2 is 1.95 bits per heavy atom. The summed E-state index contributed by atoms with van der Waals surface area (Å²) in [7, 11) is 3.78. The van der Waals surface area contributed by atoms with Crippen molar-refractivity contribution < 1.29 is 4.74 Å². The number of nitrogens with one attached hydrogen (secondary N) is 2. The maximum absolute atomic E-state index is 5.50. The van der Waals surface area contributed by atoms with Crippen molar-refractivity contribution in [2.24, 2.45) is 0 Å². The minimum absolute atomic E-state index is 0.365. The standard InChI is InChI=1S/C16H26N2O/c1-10-8-14(11(2)12(3)16(10)19-5)15(17-4)9-18-13-6-7-13/h8,13,15,17-18H,6-7,9H2,1-5H3. The molecule has 1 atom stereocenters. The normalized spacial score (nSPS) is 16.5. The zero-order valence-corrected chi connectivity index (χ0v) is 12.8. The summed E-state index contributed by atoms with van der Waals surface area (Å²) in [5.74, 6) is 1.02. The van der Waals surface area contributed by atoms with Crippen LogP contribution in [0.5, 0.6) is 5.75 Å². The highest BCUT2D eigenvalue weighted by atomic mass is 16.5. The van der Waals surface area contributed by atoms with Gasteiger partial charge in [-0.05, 0) is 62.9 Å². The molecule has 2 rings (SSSR count). The van der Waals surface area contributed by atoms with Crippen molar-refractivity contribution in [1.82, 2.24) is 10.6 Å². The Kier molecular flexibility index (Phi) is 4.48. The fraction of sp³-hybridized carbons (Fsp3) is 0.625. The molecule has 0 aromatic heterocycles. The molecule has 1 aliphatic rings. The Morgan fingerprint density at radius 3 is 2.47 bits per heavy atom. The van der Waals surface area contributed by atoms with E-state index in [2.05, 4.69) is 37.5 Å². The van der Waals surface area contributed by atoms with Crippen LogP contribution in [-0.2, 0) is 0 Å². The Bertz CT molecular complexity index is 453. The van der Waals surface area contributed by atoms with Gasteiger partial charge in [0, 0.05) is 18.6 Å². The largest absolute Gasteiger partial charge is 0.496 e. The van der Waals surface area contributed by atoms with Crippen molar-refractivity contribution in [3.8, 4) is 5.75 Å². The lowest BCUT2D eigenvalue weighted by Gasteiger charge is -2.23. The van der Waals surface area contributed by atoms with Gasteiger partial charge in [-0.25, -0.2) is 0 Å². The van der Waals surface area contributed by atoms with Crippen molar-refractivity contribution in [2.75, 3.05) is 20.7 Å². The van der Waals surface area contributed by atoms with Gasteiger partial charge in [-0.2, -0.15) is 0 Å². The molecule has 3 nitrogen and oxygen atoms in total. The maximum atomic E-state index is 5.50. The Hall–Kier alpha value is -1.06. The average molecular weight is 262 g/mol. The highest BCUT2D eigenvalue weighted by Crippen LogP contribution is 2.31. The minimum atomic E-state index is 0.365. The van der Waals surface area contributed by atoms with E-state index in [1.807, 2.05) is 7.05 Å². The van der Waals surface area contributed by atoms with Crippen LogP contribution in [0.4, 0.5) is 0 Å². The molecule has 0 bridgehead atoms. The molecule has 2 N–H and O–H groups in total. The number of likely N-dealkylation sites (N-methyl/N-ethyl adjacent to an activating group) is 1. The summed E-state index contributed by atoms with van der Waals surface area (Å²) in [5, 5.41) is 7.04. The van der Waals surface area contributed by atoms with Crippen molar-refractivity contribution in [2.45, 2.75) is 45.7 Å². The van der Waals surface area contributed by atoms with Crippen LogP contribution in [0.3, 0.4) is 0 Å². The molecule has 1 fully saturated rings. The van der Waals surface area contributed by atoms with Gasteiger partial charge in [0.25, 0.3) is 0 Å². The summed E-state index contributed by atoms with van der Waals surface area (Å²) in [6.07, 6.45) is 2.66. The monoisotopic (exact) mass is 262 g/mol. The first-order valence-electron chi connectivity index (χ1n) is 7.13. The molecule has 19 heavy (non-hydrogen) atoms. The summed E-state index contributed by atoms with van der Waals surface area (Å²) in [6, 6.07) is 3.37. The van der Waals surface area contributed by atoms with Crippen LogP contribution in [0.2, 0.25) is 0 Å². The molecule has 3 heteroatoms. The van der Waals surface area contributed by atoms with Crippen LogP contribution in [0.25, 0.3) is 0 Å². The minimum Gasteiger partial charge on any atom is -0.496 e. The summed E-state index contributed by atoms with van der Waals surface area (Å²) in [4.78, 5) is 0. The van der Waals surface area contributed by atoms with Crippen molar-refractivity contribution in [1.29, 1.82) is 0 Å². The summed E-state index contributed by atoms with van der Waals surface area (Å²) in [5.41, 5.74) is 5.18. The zero-order valence-electron chi connectivity index (χ0n) is 12.8. The van der Waals surface area contributed by atoms with E-state index in [9.17, 15) is 0 Å². The van der Waals surface area contributed by atoms with E-state index in [4.69, 9.17) is 4.74 Å². The van der Waals surface area contributed by atoms with Crippen molar-refractivity contribution >= 4 is 0 Å². The van der Waals surface area contributed by atoms with E-state index >= 15 is 0 Å². The van der Waals surface area contributed by atoms with Gasteiger partial charge < -0.3 is 15.4 Å². The summed E-state index contributed by atoms with van der Waals surface area (Å²) >= 11 is 0. The van der Waals surface area contributed by atoms with E-state index < -0.39 is 0 Å². The molecule has 0 amide bonds. The highest BCUT2D eigenvalue weighted by Gasteiger charge is 2.23. The number of ether oxygens (including phenoxy) is 1. The SMILES string of the molecule is CNC(CNC1CC1)c1cc(C)c(OC)c(C)c1C. The third-order valence-electron chi connectivity index (χ3n) is 4.18. The number of hydrogen-bond acceptors (Lipinski definition) is 3. The number of aryl methyl sites for hydroxylation is 1. The lowest BCUT2D eigenvalue weighted by molar-refractivity contribution is 0.407. The molecule has 0 radical (unpaired) electrons. The Balaban J connectivity index is 2.25. The van der Waals surface area contributed by atoms with Crippen LogP contribution in [-0.4, -0.2) is 26.7 Å². The molecular weight excluding hydrogens is 236 g/mol. The van der Waals surface area contributed by atoms with Crippen LogP contribution in [0.1, 0.15) is 41.1 Å². The lowest BCUT2D eigenvalue weighted by atomic mass is 9.93. The molecule has 1 saturated carbocycles. The van der Waals surface area contributed by atoms with E-state index in [-0.39, 0.29) is 0 Å². The fourth-order valence-electron chi connectivity index (χ4n) is 2.71. The predicted octanol–water partition coefficient (Wildman–Crippen LogP) is 2.63. The van der Waals surface area contributed by atoms with Gasteiger partial charge in [0.15, 0.2) is 0 Å². The van der Waals surface area contributed by atoms with Crippen molar-refractivity contribution in [3.05, 3.63) is 28.3 Å². The van der Waals surface area contributed by atoms with E-state index in [1.165, 1.54) is 35.1 Å². The first kappa shape index (κ1) is 14.4. The molecule has 0 spiro atoms. The first-order chi connectivity index (χ1) is 9.08. The Morgan fingerprint density at radius 1 is 1.26 bits per heavy atom. The number of methoxy groups -OCH3 is 1. The molecular formula is C16H26N2O. The molecule has 0 saturated heterocycles. The van der Waals surface area contributed by atoms with Crippen LogP contribution in [0.15, 0.2) is 6.07 Å². The van der Waals surface area contributed by atoms with E-state index in [0.29, 0.717) is 6.04 Å². The molecule has 106 valence electrons. The number of hydrogen-bond donors (Lipinski definition) is 2. The predicted molar refractivity (Wildman–Crippen MR) is 80.0 cm³/mol. The van der Waals surface area contributed by atoms with Gasteiger partial charge in [0.2, 0.25) is 0 Å².